The number of aromatic amines is 2. The molecule has 0 atom stereocenters. The van der Waals surface area contributed by atoms with Crippen LogP contribution in [-0.2, 0) is 6.42 Å². The van der Waals surface area contributed by atoms with Crippen LogP contribution in [0.2, 0.25) is 10.0 Å². The van der Waals surface area contributed by atoms with Gasteiger partial charge in [0.25, 0.3) is 0 Å². The highest BCUT2D eigenvalue weighted by molar-refractivity contribution is 6.36. The number of hydrogen-bond donors (Lipinski definition) is 2. The number of hydrogen-bond acceptors (Lipinski definition) is 1. The molecule has 0 saturated carbocycles. The Morgan fingerprint density at radius 2 is 2.05 bits per heavy atom. The summed E-state index contributed by atoms with van der Waals surface area (Å²) in [5.74, 6) is 0.892. The van der Waals surface area contributed by atoms with Crippen LogP contribution in [0.15, 0.2) is 42.7 Å². The molecule has 0 bridgehead atoms. The van der Waals surface area contributed by atoms with Gasteiger partial charge in [-0.05, 0) is 30.3 Å². The van der Waals surface area contributed by atoms with E-state index in [0.717, 1.165) is 29.2 Å². The number of imidazole rings is 1. The second kappa shape index (κ2) is 5.11. The Morgan fingerprint density at radius 1 is 1.16 bits per heavy atom. The summed E-state index contributed by atoms with van der Waals surface area (Å²) >= 11 is 12.1. The van der Waals surface area contributed by atoms with E-state index in [4.69, 9.17) is 23.2 Å². The van der Waals surface area contributed by atoms with Gasteiger partial charge in [0.2, 0.25) is 0 Å². The third-order valence-corrected chi connectivity index (χ3v) is 3.42. The zero-order valence-electron chi connectivity index (χ0n) is 9.95. The Bertz CT molecular complexity index is 687. The van der Waals surface area contributed by atoms with Gasteiger partial charge in [0, 0.05) is 28.9 Å². The van der Waals surface area contributed by atoms with Gasteiger partial charge < -0.3 is 9.97 Å². The molecule has 3 rings (SSSR count). The number of aromatic nitrogens is 3. The molecule has 19 heavy (non-hydrogen) atoms. The van der Waals surface area contributed by atoms with Crippen molar-refractivity contribution in [2.45, 2.75) is 6.42 Å². The molecule has 3 nitrogen and oxygen atoms in total. The van der Waals surface area contributed by atoms with Gasteiger partial charge in [0.1, 0.15) is 5.82 Å². The lowest BCUT2D eigenvalue weighted by atomic mass is 10.2. The van der Waals surface area contributed by atoms with Crippen LogP contribution in [0.5, 0.6) is 0 Å². The molecule has 0 fully saturated rings. The predicted molar refractivity (Wildman–Crippen MR) is 77.6 cm³/mol. The molecule has 0 saturated heterocycles. The molecule has 0 aliphatic carbocycles. The minimum atomic E-state index is 0.613. The minimum absolute atomic E-state index is 0.613. The van der Waals surface area contributed by atoms with Gasteiger partial charge in [-0.2, -0.15) is 0 Å². The summed E-state index contributed by atoms with van der Waals surface area (Å²) in [5, 5.41) is 1.24. The van der Waals surface area contributed by atoms with Crippen molar-refractivity contribution >= 4 is 23.2 Å². The van der Waals surface area contributed by atoms with E-state index in [-0.39, 0.29) is 0 Å². The molecule has 96 valence electrons. The summed E-state index contributed by atoms with van der Waals surface area (Å²) in [6, 6.07) is 9.42. The Labute approximate surface area is 120 Å². The number of H-pyrrole nitrogens is 2. The number of rotatable bonds is 3. The van der Waals surface area contributed by atoms with Crippen LogP contribution in [0, 0.1) is 0 Å². The van der Waals surface area contributed by atoms with E-state index >= 15 is 0 Å². The van der Waals surface area contributed by atoms with E-state index in [9.17, 15) is 0 Å². The number of benzene rings is 1. The average Bonchev–Trinajstić information content (AvgIpc) is 3.01. The Morgan fingerprint density at radius 3 is 2.79 bits per heavy atom. The first-order valence-corrected chi connectivity index (χ1v) is 6.59. The molecule has 2 N–H and O–H groups in total. The van der Waals surface area contributed by atoms with Gasteiger partial charge in [-0.15, -0.1) is 0 Å². The Balaban J connectivity index is 1.88. The molecule has 0 radical (unpaired) electrons. The monoisotopic (exact) mass is 291 g/mol. The highest BCUT2D eigenvalue weighted by atomic mass is 35.5. The highest BCUT2D eigenvalue weighted by Crippen LogP contribution is 2.29. The fourth-order valence-electron chi connectivity index (χ4n) is 1.95. The third kappa shape index (κ3) is 2.67. The van der Waals surface area contributed by atoms with Gasteiger partial charge in [0.05, 0.1) is 16.9 Å². The molecule has 5 heteroatoms. The molecule has 1 aromatic carbocycles. The maximum atomic E-state index is 6.18. The van der Waals surface area contributed by atoms with Crippen molar-refractivity contribution < 1.29 is 0 Å². The summed E-state index contributed by atoms with van der Waals surface area (Å²) in [5.41, 5.74) is 2.91. The first-order valence-electron chi connectivity index (χ1n) is 5.84. The van der Waals surface area contributed by atoms with Crippen LogP contribution in [0.1, 0.15) is 11.5 Å². The van der Waals surface area contributed by atoms with Crippen molar-refractivity contribution in [3.05, 3.63) is 64.3 Å². The van der Waals surface area contributed by atoms with Crippen molar-refractivity contribution in [1.82, 2.24) is 15.0 Å². The lowest BCUT2D eigenvalue weighted by Crippen LogP contribution is -1.90. The predicted octanol–water partition coefficient (Wildman–Crippen LogP) is 4.30. The second-order valence-electron chi connectivity index (χ2n) is 4.24. The lowest BCUT2D eigenvalue weighted by molar-refractivity contribution is 0.992. The van der Waals surface area contributed by atoms with Gasteiger partial charge in [0.15, 0.2) is 0 Å². The smallest absolute Gasteiger partial charge is 0.112 e. The summed E-state index contributed by atoms with van der Waals surface area (Å²) in [4.78, 5) is 10.8. The van der Waals surface area contributed by atoms with E-state index in [2.05, 4.69) is 15.0 Å². The SMILES string of the molecule is Clc1ccc(-c2cnc(Cc3ccc[nH]3)[nH]2)c(Cl)c1. The van der Waals surface area contributed by atoms with Gasteiger partial charge in [-0.1, -0.05) is 23.2 Å². The molecule has 0 aliphatic rings. The maximum absolute atomic E-state index is 6.18. The summed E-state index contributed by atoms with van der Waals surface area (Å²) in [7, 11) is 0. The van der Waals surface area contributed by atoms with Crippen LogP contribution in [0.25, 0.3) is 11.3 Å². The summed E-state index contributed by atoms with van der Waals surface area (Å²) in [6.45, 7) is 0. The summed E-state index contributed by atoms with van der Waals surface area (Å²) in [6.07, 6.45) is 4.42. The van der Waals surface area contributed by atoms with Crippen molar-refractivity contribution in [2.75, 3.05) is 0 Å². The number of nitrogens with one attached hydrogen (secondary N) is 2. The van der Waals surface area contributed by atoms with Crippen molar-refractivity contribution in [3.63, 3.8) is 0 Å². The van der Waals surface area contributed by atoms with E-state index in [1.165, 1.54) is 0 Å². The minimum Gasteiger partial charge on any atom is -0.365 e. The Kier molecular flexibility index (Phi) is 3.32. The first kappa shape index (κ1) is 12.3. The van der Waals surface area contributed by atoms with Gasteiger partial charge in [-0.3, -0.25) is 0 Å². The molecule has 0 unspecified atom stereocenters. The van der Waals surface area contributed by atoms with Crippen LogP contribution < -0.4 is 0 Å². The first-order chi connectivity index (χ1) is 9.22. The van der Waals surface area contributed by atoms with Crippen LogP contribution in [0.3, 0.4) is 0 Å². The normalized spacial score (nSPS) is 10.8. The Hall–Kier alpha value is -1.71. The van der Waals surface area contributed by atoms with E-state index in [1.807, 2.05) is 30.5 Å². The van der Waals surface area contributed by atoms with Crippen LogP contribution in [0.4, 0.5) is 0 Å². The second-order valence-corrected chi connectivity index (χ2v) is 5.08. The molecule has 3 aromatic rings. The lowest BCUT2D eigenvalue weighted by Gasteiger charge is -2.01. The topological polar surface area (TPSA) is 44.5 Å². The zero-order valence-corrected chi connectivity index (χ0v) is 11.5. The van der Waals surface area contributed by atoms with Crippen molar-refractivity contribution in [1.29, 1.82) is 0 Å². The van der Waals surface area contributed by atoms with E-state index in [1.54, 1.807) is 12.3 Å². The molecule has 2 aromatic heterocycles. The van der Waals surface area contributed by atoms with Crippen molar-refractivity contribution in [2.24, 2.45) is 0 Å². The average molecular weight is 292 g/mol. The number of halogens is 2. The summed E-state index contributed by atoms with van der Waals surface area (Å²) < 4.78 is 0. The van der Waals surface area contributed by atoms with E-state index < -0.39 is 0 Å². The quantitative estimate of drug-likeness (QED) is 0.742. The fraction of sp³-hybridized carbons (Fsp3) is 0.0714. The van der Waals surface area contributed by atoms with Crippen LogP contribution in [-0.4, -0.2) is 15.0 Å². The maximum Gasteiger partial charge on any atom is 0.112 e. The van der Waals surface area contributed by atoms with Crippen LogP contribution >= 0.6 is 23.2 Å². The number of nitrogens with zero attached hydrogens (tertiary/aromatic N) is 1. The molecule has 0 amide bonds. The highest BCUT2D eigenvalue weighted by Gasteiger charge is 2.08. The third-order valence-electron chi connectivity index (χ3n) is 2.87. The zero-order chi connectivity index (χ0) is 13.2. The van der Waals surface area contributed by atoms with Gasteiger partial charge in [-0.25, -0.2) is 4.98 Å². The molecule has 0 aliphatic heterocycles. The van der Waals surface area contributed by atoms with E-state index in [0.29, 0.717) is 10.0 Å². The molecule has 0 spiro atoms. The van der Waals surface area contributed by atoms with Gasteiger partial charge >= 0.3 is 0 Å². The molecular formula is C14H11Cl2N3. The van der Waals surface area contributed by atoms with Crippen molar-refractivity contribution in [3.8, 4) is 11.3 Å². The fourth-order valence-corrected chi connectivity index (χ4v) is 2.47. The standard InChI is InChI=1S/C14H11Cl2N3/c15-9-3-4-11(12(16)6-9)13-8-18-14(19-13)7-10-2-1-5-17-10/h1-6,8,17H,7H2,(H,18,19). The molecule has 2 heterocycles. The molecular weight excluding hydrogens is 281 g/mol. The largest absolute Gasteiger partial charge is 0.365 e.